The normalized spacial score (nSPS) is 17.8. The quantitative estimate of drug-likeness (QED) is 0.870. The molecule has 0 radical (unpaired) electrons. The van der Waals surface area contributed by atoms with Crippen LogP contribution in [0.25, 0.3) is 0 Å². The van der Waals surface area contributed by atoms with E-state index >= 15 is 0 Å². The molecule has 6 nitrogen and oxygen atoms in total. The first-order chi connectivity index (χ1) is 11.4. The number of nitrogens with one attached hydrogen (secondary N) is 1. The molecule has 1 aromatic carbocycles. The van der Waals surface area contributed by atoms with Crippen molar-refractivity contribution in [2.24, 2.45) is 0 Å². The minimum absolute atomic E-state index is 0. The molecule has 1 fully saturated rings. The summed E-state index contributed by atoms with van der Waals surface area (Å²) in [6, 6.07) is 8.35. The van der Waals surface area contributed by atoms with Gasteiger partial charge in [0.15, 0.2) is 5.76 Å². The molecule has 1 aromatic heterocycles. The van der Waals surface area contributed by atoms with E-state index in [1.807, 2.05) is 0 Å². The van der Waals surface area contributed by atoms with Gasteiger partial charge in [-0.15, -0.1) is 12.4 Å². The largest absolute Gasteiger partial charge is 0.440 e. The molecule has 25 heavy (non-hydrogen) atoms. The summed E-state index contributed by atoms with van der Waals surface area (Å²) < 4.78 is 41.7. The minimum Gasteiger partial charge on any atom is -0.440 e. The number of rotatable bonds is 3. The van der Waals surface area contributed by atoms with E-state index in [9.17, 15) is 17.6 Å². The molecule has 2 aromatic rings. The second-order valence-electron chi connectivity index (χ2n) is 5.66. The third-order valence-electron chi connectivity index (χ3n) is 3.90. The van der Waals surface area contributed by atoms with Gasteiger partial charge in [0.05, 0.1) is 6.04 Å². The molecule has 3 rings (SSSR count). The van der Waals surface area contributed by atoms with Crippen LogP contribution in [0.15, 0.2) is 45.9 Å². The van der Waals surface area contributed by atoms with E-state index < -0.39 is 15.7 Å². The number of halogens is 2. The van der Waals surface area contributed by atoms with Crippen LogP contribution in [0.3, 0.4) is 0 Å². The van der Waals surface area contributed by atoms with Gasteiger partial charge in [-0.1, -0.05) is 12.1 Å². The molecule has 136 valence electrons. The number of hydrogen-bond acceptors (Lipinski definition) is 5. The van der Waals surface area contributed by atoms with Gasteiger partial charge in [0.25, 0.3) is 5.91 Å². The minimum atomic E-state index is -3.52. The van der Waals surface area contributed by atoms with Gasteiger partial charge in [-0.05, 0) is 29.8 Å². The number of benzene rings is 1. The van der Waals surface area contributed by atoms with Crippen LogP contribution in [0.4, 0.5) is 4.39 Å². The lowest BCUT2D eigenvalue weighted by Crippen LogP contribution is -2.48. The van der Waals surface area contributed by atoms with Crippen molar-refractivity contribution >= 4 is 28.2 Å². The predicted octanol–water partition coefficient (Wildman–Crippen LogP) is 2.03. The highest BCUT2D eigenvalue weighted by atomic mass is 35.5. The Morgan fingerprint density at radius 3 is 2.72 bits per heavy atom. The first-order valence-electron chi connectivity index (χ1n) is 7.43. The van der Waals surface area contributed by atoms with Crippen LogP contribution in [0.5, 0.6) is 0 Å². The maximum Gasteiger partial charge on any atom is 0.290 e. The van der Waals surface area contributed by atoms with Crippen LogP contribution in [-0.2, 0) is 9.84 Å². The van der Waals surface area contributed by atoms with Crippen LogP contribution in [0.2, 0.25) is 0 Å². The van der Waals surface area contributed by atoms with E-state index in [0.717, 1.165) is 6.26 Å². The predicted molar refractivity (Wildman–Crippen MR) is 92.1 cm³/mol. The van der Waals surface area contributed by atoms with E-state index in [1.54, 1.807) is 17.0 Å². The highest BCUT2D eigenvalue weighted by Crippen LogP contribution is 2.26. The highest BCUT2D eigenvalue weighted by molar-refractivity contribution is 7.90. The smallest absolute Gasteiger partial charge is 0.290 e. The lowest BCUT2D eigenvalue weighted by atomic mass is 10.0. The molecule has 1 N–H and O–H groups in total. The fourth-order valence-corrected chi connectivity index (χ4v) is 3.29. The van der Waals surface area contributed by atoms with E-state index in [2.05, 4.69) is 5.32 Å². The maximum absolute atomic E-state index is 13.5. The average Bonchev–Trinajstić information content (AvgIpc) is 3.04. The molecule has 1 atom stereocenters. The zero-order valence-electron chi connectivity index (χ0n) is 13.4. The van der Waals surface area contributed by atoms with Crippen molar-refractivity contribution in [3.63, 3.8) is 0 Å². The van der Waals surface area contributed by atoms with Gasteiger partial charge in [-0.3, -0.25) is 4.79 Å². The zero-order chi connectivity index (χ0) is 17.3. The van der Waals surface area contributed by atoms with E-state index in [-0.39, 0.29) is 35.1 Å². The third-order valence-corrected chi connectivity index (χ3v) is 4.85. The number of amides is 1. The van der Waals surface area contributed by atoms with Crippen LogP contribution in [0.1, 0.15) is 22.2 Å². The maximum atomic E-state index is 13.5. The molecule has 0 aliphatic carbocycles. The number of furan rings is 1. The van der Waals surface area contributed by atoms with Crippen LogP contribution < -0.4 is 5.32 Å². The summed E-state index contributed by atoms with van der Waals surface area (Å²) in [4.78, 5) is 14.3. The highest BCUT2D eigenvalue weighted by Gasteiger charge is 2.31. The van der Waals surface area contributed by atoms with E-state index in [4.69, 9.17) is 4.42 Å². The van der Waals surface area contributed by atoms with Gasteiger partial charge >= 0.3 is 0 Å². The number of carbonyl (C=O) groups is 1. The van der Waals surface area contributed by atoms with E-state index in [0.29, 0.717) is 25.2 Å². The summed E-state index contributed by atoms with van der Waals surface area (Å²) in [7, 11) is -3.52. The molecule has 1 unspecified atom stereocenters. The van der Waals surface area contributed by atoms with Crippen molar-refractivity contribution in [1.82, 2.24) is 10.2 Å². The molecule has 9 heteroatoms. The Balaban J connectivity index is 0.00000225. The Morgan fingerprint density at radius 1 is 1.32 bits per heavy atom. The van der Waals surface area contributed by atoms with Crippen LogP contribution in [0, 0.1) is 5.82 Å². The summed E-state index contributed by atoms with van der Waals surface area (Å²) in [5.41, 5.74) is 0.672. The van der Waals surface area contributed by atoms with Crippen molar-refractivity contribution < 1.29 is 22.0 Å². The molecular weight excluding hydrogens is 371 g/mol. The molecule has 0 saturated carbocycles. The van der Waals surface area contributed by atoms with Crippen molar-refractivity contribution in [2.75, 3.05) is 25.9 Å². The SMILES string of the molecule is CS(=O)(=O)c1ccc(C(=O)N2CCNCC2c2cccc(F)c2)o1.Cl. The summed E-state index contributed by atoms with van der Waals surface area (Å²) in [5.74, 6) is -0.831. The molecule has 1 amide bonds. The Kier molecular flexibility index (Phi) is 5.87. The number of hydrogen-bond donors (Lipinski definition) is 1. The number of piperazine rings is 1. The standard InChI is InChI=1S/C16H17FN2O4S.ClH/c1-24(21,22)15-6-5-14(23-15)16(20)19-8-7-18-10-13(19)11-3-2-4-12(17)9-11;/h2-6,9,13,18H,7-8,10H2,1H3;1H. The Bertz CT molecular complexity index is 869. The van der Waals surface area contributed by atoms with Gasteiger partial charge in [0.2, 0.25) is 14.9 Å². The van der Waals surface area contributed by atoms with Gasteiger partial charge in [0.1, 0.15) is 5.82 Å². The number of carbonyl (C=O) groups excluding carboxylic acids is 1. The van der Waals surface area contributed by atoms with Gasteiger partial charge in [0, 0.05) is 25.9 Å². The average molecular weight is 389 g/mol. The summed E-state index contributed by atoms with van der Waals surface area (Å²) in [6.45, 7) is 1.49. The molecule has 2 heterocycles. The molecule has 0 bridgehead atoms. The first-order valence-corrected chi connectivity index (χ1v) is 9.32. The summed E-state index contributed by atoms with van der Waals surface area (Å²) >= 11 is 0. The second-order valence-corrected chi connectivity index (χ2v) is 7.61. The lowest BCUT2D eigenvalue weighted by molar-refractivity contribution is 0.0595. The molecule has 1 saturated heterocycles. The zero-order valence-corrected chi connectivity index (χ0v) is 15.1. The Labute approximate surface area is 151 Å². The topological polar surface area (TPSA) is 79.6 Å². The fraction of sp³-hybridized carbons (Fsp3) is 0.312. The van der Waals surface area contributed by atoms with Crippen molar-refractivity contribution in [3.05, 3.63) is 53.5 Å². The van der Waals surface area contributed by atoms with Gasteiger partial charge in [-0.2, -0.15) is 0 Å². The van der Waals surface area contributed by atoms with Crippen LogP contribution >= 0.6 is 12.4 Å². The van der Waals surface area contributed by atoms with E-state index in [1.165, 1.54) is 24.3 Å². The molecule has 0 spiro atoms. The molecule has 1 aliphatic heterocycles. The molecular formula is C16H18ClFN2O4S. The number of sulfone groups is 1. The second kappa shape index (κ2) is 7.55. The Morgan fingerprint density at radius 2 is 2.08 bits per heavy atom. The lowest BCUT2D eigenvalue weighted by Gasteiger charge is -2.36. The third kappa shape index (κ3) is 4.20. The van der Waals surface area contributed by atoms with Crippen LogP contribution in [-0.4, -0.2) is 45.1 Å². The fourth-order valence-electron chi connectivity index (χ4n) is 2.73. The van der Waals surface area contributed by atoms with Gasteiger partial charge < -0.3 is 14.6 Å². The van der Waals surface area contributed by atoms with Crippen molar-refractivity contribution in [3.8, 4) is 0 Å². The summed E-state index contributed by atoms with van der Waals surface area (Å²) in [5, 5.41) is 2.93. The Hall–Kier alpha value is -1.90. The first kappa shape index (κ1) is 19.4. The van der Waals surface area contributed by atoms with Crippen molar-refractivity contribution in [2.45, 2.75) is 11.1 Å². The summed E-state index contributed by atoms with van der Waals surface area (Å²) in [6.07, 6.45) is 1.01. The molecule has 1 aliphatic rings. The monoisotopic (exact) mass is 388 g/mol. The van der Waals surface area contributed by atoms with Gasteiger partial charge in [-0.25, -0.2) is 12.8 Å². The van der Waals surface area contributed by atoms with Crippen molar-refractivity contribution in [1.29, 1.82) is 0 Å². The number of nitrogens with zero attached hydrogens (tertiary/aromatic N) is 1.